The van der Waals surface area contributed by atoms with Gasteiger partial charge in [0.15, 0.2) is 5.16 Å². The summed E-state index contributed by atoms with van der Waals surface area (Å²) in [7, 11) is 1.97. The maximum absolute atomic E-state index is 12.0. The van der Waals surface area contributed by atoms with Crippen LogP contribution in [0.2, 0.25) is 0 Å². The molecule has 2 heterocycles. The number of aromatic nitrogens is 2. The van der Waals surface area contributed by atoms with E-state index in [0.29, 0.717) is 0 Å². The first-order valence-corrected chi connectivity index (χ1v) is 7.83. The van der Waals surface area contributed by atoms with Crippen molar-refractivity contribution in [3.63, 3.8) is 0 Å². The molecule has 2 N–H and O–H groups in total. The predicted molar refractivity (Wildman–Crippen MR) is 90.7 cm³/mol. The third-order valence-corrected chi connectivity index (χ3v) is 4.57. The van der Waals surface area contributed by atoms with E-state index in [2.05, 4.69) is 15.6 Å². The minimum absolute atomic E-state index is 0. The van der Waals surface area contributed by atoms with Gasteiger partial charge in [-0.25, -0.2) is 4.98 Å². The Hall–Kier alpha value is -1.50. The average molecular weight is 339 g/mol. The number of aryl methyl sites for hydroxylation is 1. The van der Waals surface area contributed by atoms with Crippen LogP contribution in [0.1, 0.15) is 12.8 Å². The molecular formula is C15H19ClN4OS. The number of carbonyl (C=O) groups excluding carboxylic acids is 1. The van der Waals surface area contributed by atoms with Gasteiger partial charge in [0.2, 0.25) is 5.91 Å². The van der Waals surface area contributed by atoms with E-state index in [-0.39, 0.29) is 24.4 Å². The zero-order chi connectivity index (χ0) is 14.7. The molecule has 7 heteroatoms. The third-order valence-electron chi connectivity index (χ3n) is 3.48. The number of rotatable bonds is 4. The number of carbonyl (C=O) groups is 1. The van der Waals surface area contributed by atoms with Gasteiger partial charge in [0.1, 0.15) is 0 Å². The van der Waals surface area contributed by atoms with E-state index in [1.807, 2.05) is 42.1 Å². The first kappa shape index (κ1) is 16.9. The molecule has 1 unspecified atom stereocenters. The van der Waals surface area contributed by atoms with E-state index in [1.165, 1.54) is 0 Å². The maximum Gasteiger partial charge on any atom is 0.241 e. The highest BCUT2D eigenvalue weighted by molar-refractivity contribution is 7.99. The minimum atomic E-state index is -0.0494. The Labute approximate surface area is 140 Å². The predicted octanol–water partition coefficient (Wildman–Crippen LogP) is 2.68. The van der Waals surface area contributed by atoms with Crippen LogP contribution >= 0.6 is 24.2 Å². The smallest absolute Gasteiger partial charge is 0.241 e. The zero-order valence-electron chi connectivity index (χ0n) is 12.3. The van der Waals surface area contributed by atoms with Crippen molar-refractivity contribution in [2.24, 2.45) is 7.05 Å². The highest BCUT2D eigenvalue weighted by Crippen LogP contribution is 2.26. The summed E-state index contributed by atoms with van der Waals surface area (Å²) in [6.45, 7) is 0.928. The Morgan fingerprint density at radius 1 is 1.41 bits per heavy atom. The monoisotopic (exact) mass is 338 g/mol. The van der Waals surface area contributed by atoms with Crippen molar-refractivity contribution >= 4 is 35.8 Å². The lowest BCUT2D eigenvalue weighted by atomic mass is 10.2. The molecule has 1 aromatic carbocycles. The first-order chi connectivity index (χ1) is 10.2. The minimum Gasteiger partial charge on any atom is -0.329 e. The molecular weight excluding hydrogens is 320 g/mol. The molecule has 0 radical (unpaired) electrons. The number of imidazole rings is 1. The number of hydrogen-bond donors (Lipinski definition) is 2. The molecule has 1 aliphatic rings. The largest absolute Gasteiger partial charge is 0.329 e. The van der Waals surface area contributed by atoms with Crippen LogP contribution in [0.4, 0.5) is 5.69 Å². The number of nitrogens with zero attached hydrogens (tertiary/aromatic N) is 2. The van der Waals surface area contributed by atoms with Crippen LogP contribution in [0.25, 0.3) is 0 Å². The lowest BCUT2D eigenvalue weighted by molar-refractivity contribution is -0.117. The van der Waals surface area contributed by atoms with Gasteiger partial charge in [0.25, 0.3) is 0 Å². The molecule has 5 nitrogen and oxygen atoms in total. The second kappa shape index (κ2) is 7.67. The molecule has 1 fully saturated rings. The van der Waals surface area contributed by atoms with Gasteiger partial charge < -0.3 is 15.2 Å². The molecule has 0 bridgehead atoms. The van der Waals surface area contributed by atoms with Gasteiger partial charge in [-0.1, -0.05) is 11.8 Å². The van der Waals surface area contributed by atoms with Crippen LogP contribution in [0.3, 0.4) is 0 Å². The van der Waals surface area contributed by atoms with Crippen LogP contribution in [-0.4, -0.2) is 28.0 Å². The topological polar surface area (TPSA) is 59.0 Å². The molecule has 0 spiro atoms. The summed E-state index contributed by atoms with van der Waals surface area (Å²) < 4.78 is 1.98. The van der Waals surface area contributed by atoms with Crippen LogP contribution in [-0.2, 0) is 11.8 Å². The standard InChI is InChI=1S/C15H18N4OS.ClH/c1-19-10-9-17-15(19)21-12-6-4-11(5-7-12)18-14(20)13-3-2-8-16-13;/h4-7,9-10,13,16H,2-3,8H2,1H3,(H,18,20);1H. The molecule has 2 aromatic rings. The summed E-state index contributed by atoms with van der Waals surface area (Å²) in [5.41, 5.74) is 0.831. The lowest BCUT2D eigenvalue weighted by Gasteiger charge is -2.11. The van der Waals surface area contributed by atoms with E-state index in [9.17, 15) is 4.79 Å². The van der Waals surface area contributed by atoms with Gasteiger partial charge in [-0.05, 0) is 43.7 Å². The van der Waals surface area contributed by atoms with Crippen molar-refractivity contribution in [2.75, 3.05) is 11.9 Å². The van der Waals surface area contributed by atoms with E-state index in [1.54, 1.807) is 18.0 Å². The molecule has 118 valence electrons. The molecule has 1 atom stereocenters. The Balaban J connectivity index is 0.00000176. The van der Waals surface area contributed by atoms with E-state index >= 15 is 0 Å². The summed E-state index contributed by atoms with van der Waals surface area (Å²) in [6, 6.07) is 7.80. The molecule has 22 heavy (non-hydrogen) atoms. The number of benzene rings is 1. The van der Waals surface area contributed by atoms with Crippen molar-refractivity contribution in [2.45, 2.75) is 28.9 Å². The summed E-state index contributed by atoms with van der Waals surface area (Å²) in [4.78, 5) is 17.4. The number of amides is 1. The van der Waals surface area contributed by atoms with Gasteiger partial charge in [-0.15, -0.1) is 12.4 Å². The van der Waals surface area contributed by atoms with Gasteiger partial charge in [-0.3, -0.25) is 4.79 Å². The molecule has 1 saturated heterocycles. The van der Waals surface area contributed by atoms with Crippen LogP contribution in [0, 0.1) is 0 Å². The summed E-state index contributed by atoms with van der Waals surface area (Å²) in [5.74, 6) is 0.0528. The van der Waals surface area contributed by atoms with Gasteiger partial charge in [0.05, 0.1) is 6.04 Å². The van der Waals surface area contributed by atoms with Crippen molar-refractivity contribution in [1.82, 2.24) is 14.9 Å². The highest BCUT2D eigenvalue weighted by Gasteiger charge is 2.21. The van der Waals surface area contributed by atoms with Crippen LogP contribution in [0.5, 0.6) is 0 Å². The molecule has 0 saturated carbocycles. The Kier molecular flexibility index (Phi) is 5.88. The van der Waals surface area contributed by atoms with Gasteiger partial charge in [0, 0.05) is 30.0 Å². The van der Waals surface area contributed by atoms with Crippen LogP contribution < -0.4 is 10.6 Å². The summed E-state index contributed by atoms with van der Waals surface area (Å²) in [5, 5.41) is 7.09. The fraction of sp³-hybridized carbons (Fsp3) is 0.333. The van der Waals surface area contributed by atoms with E-state index < -0.39 is 0 Å². The van der Waals surface area contributed by atoms with Crippen molar-refractivity contribution in [1.29, 1.82) is 0 Å². The fourth-order valence-electron chi connectivity index (χ4n) is 2.30. The number of hydrogen-bond acceptors (Lipinski definition) is 4. The van der Waals surface area contributed by atoms with Gasteiger partial charge in [-0.2, -0.15) is 0 Å². The zero-order valence-corrected chi connectivity index (χ0v) is 13.9. The van der Waals surface area contributed by atoms with Crippen molar-refractivity contribution < 1.29 is 4.79 Å². The number of anilines is 1. The quantitative estimate of drug-likeness (QED) is 0.900. The van der Waals surface area contributed by atoms with Crippen molar-refractivity contribution in [3.8, 4) is 0 Å². The second-order valence-electron chi connectivity index (χ2n) is 5.09. The summed E-state index contributed by atoms with van der Waals surface area (Å²) in [6.07, 6.45) is 5.69. The lowest BCUT2D eigenvalue weighted by Crippen LogP contribution is -2.35. The van der Waals surface area contributed by atoms with Gasteiger partial charge >= 0.3 is 0 Å². The van der Waals surface area contributed by atoms with E-state index in [4.69, 9.17) is 0 Å². The maximum atomic E-state index is 12.0. The third kappa shape index (κ3) is 4.03. The second-order valence-corrected chi connectivity index (χ2v) is 6.13. The molecule has 1 aliphatic heterocycles. The Morgan fingerprint density at radius 2 is 2.18 bits per heavy atom. The summed E-state index contributed by atoms with van der Waals surface area (Å²) >= 11 is 1.60. The number of halogens is 1. The average Bonchev–Trinajstić information content (AvgIpc) is 3.14. The van der Waals surface area contributed by atoms with Crippen LogP contribution in [0.15, 0.2) is 46.7 Å². The number of nitrogens with one attached hydrogen (secondary N) is 2. The van der Waals surface area contributed by atoms with E-state index in [0.717, 1.165) is 35.1 Å². The SMILES string of the molecule is Cl.Cn1ccnc1Sc1ccc(NC(=O)C2CCCN2)cc1. The molecule has 0 aliphatic carbocycles. The normalized spacial score (nSPS) is 17.0. The molecule has 3 rings (SSSR count). The Bertz CT molecular complexity index is 623. The fourth-order valence-corrected chi connectivity index (χ4v) is 3.10. The highest BCUT2D eigenvalue weighted by atomic mass is 35.5. The van der Waals surface area contributed by atoms with Crippen molar-refractivity contribution in [3.05, 3.63) is 36.7 Å². The molecule has 1 amide bonds. The molecule has 1 aromatic heterocycles. The first-order valence-electron chi connectivity index (χ1n) is 7.02. The Morgan fingerprint density at radius 3 is 2.77 bits per heavy atom.